The van der Waals surface area contributed by atoms with Crippen LogP contribution in [0.3, 0.4) is 0 Å². The van der Waals surface area contributed by atoms with Crippen molar-refractivity contribution in [3.05, 3.63) is 24.0 Å². The van der Waals surface area contributed by atoms with Crippen LogP contribution in [-0.4, -0.2) is 45.1 Å². The van der Waals surface area contributed by atoms with E-state index in [0.717, 1.165) is 37.2 Å². The van der Waals surface area contributed by atoms with E-state index in [2.05, 4.69) is 20.5 Å². The molecule has 1 spiro atoms. The van der Waals surface area contributed by atoms with Crippen molar-refractivity contribution >= 4 is 11.9 Å². The lowest BCUT2D eigenvalue weighted by molar-refractivity contribution is -0.133. The van der Waals surface area contributed by atoms with Crippen molar-refractivity contribution in [2.45, 2.75) is 57.4 Å². The molecule has 3 fully saturated rings. The maximum atomic E-state index is 12.7. The average Bonchev–Trinajstić information content (AvgIpc) is 3.62. The molecule has 0 radical (unpaired) electrons. The Kier molecular flexibility index (Phi) is 3.91. The van der Waals surface area contributed by atoms with E-state index in [-0.39, 0.29) is 18.0 Å². The first-order valence-electron chi connectivity index (χ1n) is 9.97. The predicted octanol–water partition coefficient (Wildman–Crippen LogP) is 3.21. The van der Waals surface area contributed by atoms with Gasteiger partial charge in [-0.1, -0.05) is 5.10 Å². The van der Waals surface area contributed by atoms with E-state index >= 15 is 0 Å². The van der Waals surface area contributed by atoms with E-state index in [1.165, 1.54) is 25.7 Å². The topological polar surface area (TPSA) is 84.1 Å². The molecule has 1 amide bonds. The first-order chi connectivity index (χ1) is 13.1. The molecule has 2 saturated carbocycles. The number of carbonyl (C=O) groups is 1. The minimum Gasteiger partial charge on any atom is -0.403 e. The van der Waals surface area contributed by atoms with Crippen LogP contribution in [0, 0.1) is 5.41 Å². The quantitative estimate of drug-likeness (QED) is 0.873. The van der Waals surface area contributed by atoms with Gasteiger partial charge in [-0.2, -0.15) is 0 Å². The molecule has 1 N–H and O–H groups in total. The summed E-state index contributed by atoms with van der Waals surface area (Å²) in [6.45, 7) is 3.57. The third-order valence-corrected chi connectivity index (χ3v) is 6.26. The Balaban J connectivity index is 1.20. The predicted molar refractivity (Wildman–Crippen MR) is 100 cm³/mol. The molecule has 1 atom stereocenters. The van der Waals surface area contributed by atoms with Gasteiger partial charge in [0, 0.05) is 30.9 Å². The molecule has 5 rings (SSSR count). The molecule has 27 heavy (non-hydrogen) atoms. The maximum Gasteiger partial charge on any atom is 0.316 e. The Morgan fingerprint density at radius 2 is 2.00 bits per heavy atom. The number of carbonyl (C=O) groups excluding carboxylic acids is 1. The largest absolute Gasteiger partial charge is 0.403 e. The van der Waals surface area contributed by atoms with Crippen LogP contribution < -0.4 is 5.32 Å². The fraction of sp³-hybridized carbons (Fsp3) is 0.600. The Hall–Kier alpha value is -2.44. The second kappa shape index (κ2) is 6.32. The molecule has 7 heteroatoms. The summed E-state index contributed by atoms with van der Waals surface area (Å²) >= 11 is 0. The number of anilines is 1. The van der Waals surface area contributed by atoms with E-state index in [4.69, 9.17) is 4.42 Å². The third-order valence-electron chi connectivity index (χ3n) is 6.26. The Morgan fingerprint density at radius 1 is 1.22 bits per heavy atom. The van der Waals surface area contributed by atoms with Gasteiger partial charge in [0.05, 0.1) is 5.56 Å². The van der Waals surface area contributed by atoms with Gasteiger partial charge in [0.2, 0.25) is 5.91 Å². The van der Waals surface area contributed by atoms with Crippen LogP contribution in [-0.2, 0) is 4.79 Å². The number of rotatable bonds is 5. The van der Waals surface area contributed by atoms with Crippen LogP contribution in [0.25, 0.3) is 11.5 Å². The first kappa shape index (κ1) is 16.7. The molecule has 3 heterocycles. The van der Waals surface area contributed by atoms with E-state index < -0.39 is 0 Å². The summed E-state index contributed by atoms with van der Waals surface area (Å²) in [7, 11) is 0. The molecule has 1 saturated heterocycles. The minimum absolute atomic E-state index is 0.0979. The zero-order chi connectivity index (χ0) is 18.4. The highest BCUT2D eigenvalue weighted by Gasteiger charge is 2.45. The molecule has 0 aromatic carbocycles. The number of hydrogen-bond donors (Lipinski definition) is 1. The molecule has 1 aliphatic heterocycles. The standard InChI is InChI=1S/C20H25N5O2/c1-13(18(26)25-10-8-20(6-7-20)9-11-25)22-19-24-23-17(27-19)15-4-5-16(21-12-15)14-2-3-14/h4-5,12-14H,2-3,6-11H2,1H3,(H,22,24)/t13-/m0/s1. The number of aromatic nitrogens is 3. The number of amides is 1. The average molecular weight is 367 g/mol. The SMILES string of the molecule is C[C@H](Nc1nnc(-c2ccc(C3CC3)nc2)o1)C(=O)N1CCC2(CC1)CC2. The van der Waals surface area contributed by atoms with Crippen molar-refractivity contribution in [3.63, 3.8) is 0 Å². The van der Waals surface area contributed by atoms with Gasteiger partial charge in [0.25, 0.3) is 5.89 Å². The molecule has 2 aliphatic carbocycles. The smallest absolute Gasteiger partial charge is 0.316 e. The fourth-order valence-electron chi connectivity index (χ4n) is 3.95. The van der Waals surface area contributed by atoms with Gasteiger partial charge < -0.3 is 14.6 Å². The summed E-state index contributed by atoms with van der Waals surface area (Å²) < 4.78 is 5.69. The molecule has 3 aliphatic rings. The second-order valence-electron chi connectivity index (χ2n) is 8.35. The van der Waals surface area contributed by atoms with Gasteiger partial charge >= 0.3 is 6.01 Å². The zero-order valence-corrected chi connectivity index (χ0v) is 15.6. The maximum absolute atomic E-state index is 12.7. The highest BCUT2D eigenvalue weighted by atomic mass is 16.4. The second-order valence-corrected chi connectivity index (χ2v) is 8.35. The van der Waals surface area contributed by atoms with Gasteiger partial charge in [0.15, 0.2) is 0 Å². The lowest BCUT2D eigenvalue weighted by Gasteiger charge is -2.33. The van der Waals surface area contributed by atoms with Crippen molar-refractivity contribution in [3.8, 4) is 11.5 Å². The highest BCUT2D eigenvalue weighted by molar-refractivity contribution is 5.83. The van der Waals surface area contributed by atoms with Gasteiger partial charge in [-0.15, -0.1) is 5.10 Å². The van der Waals surface area contributed by atoms with Crippen LogP contribution in [0.5, 0.6) is 0 Å². The summed E-state index contributed by atoms with van der Waals surface area (Å²) in [6, 6.07) is 3.88. The van der Waals surface area contributed by atoms with Crippen LogP contribution >= 0.6 is 0 Å². The number of likely N-dealkylation sites (tertiary alicyclic amines) is 1. The zero-order valence-electron chi connectivity index (χ0n) is 15.6. The number of hydrogen-bond acceptors (Lipinski definition) is 6. The van der Waals surface area contributed by atoms with Gasteiger partial charge in [-0.3, -0.25) is 9.78 Å². The van der Waals surface area contributed by atoms with E-state index in [1.807, 2.05) is 24.0 Å². The van der Waals surface area contributed by atoms with Gasteiger partial charge in [-0.05, 0) is 63.0 Å². The van der Waals surface area contributed by atoms with Crippen molar-refractivity contribution in [2.24, 2.45) is 5.41 Å². The molecule has 2 aromatic rings. The Bertz CT molecular complexity index is 828. The summed E-state index contributed by atoms with van der Waals surface area (Å²) in [5.74, 6) is 1.14. The van der Waals surface area contributed by atoms with Crippen molar-refractivity contribution < 1.29 is 9.21 Å². The van der Waals surface area contributed by atoms with Crippen molar-refractivity contribution in [1.82, 2.24) is 20.1 Å². The lowest BCUT2D eigenvalue weighted by atomic mass is 9.93. The number of pyridine rings is 1. The summed E-state index contributed by atoms with van der Waals surface area (Å²) in [5, 5.41) is 11.2. The normalized spacial score (nSPS) is 21.9. The van der Waals surface area contributed by atoms with Crippen LogP contribution in [0.15, 0.2) is 22.7 Å². The monoisotopic (exact) mass is 367 g/mol. The van der Waals surface area contributed by atoms with Gasteiger partial charge in [0.1, 0.15) is 6.04 Å². The first-order valence-corrected chi connectivity index (χ1v) is 9.97. The van der Waals surface area contributed by atoms with Crippen LogP contribution in [0.4, 0.5) is 6.01 Å². The summed E-state index contributed by atoms with van der Waals surface area (Å²) in [5.41, 5.74) is 2.49. The summed E-state index contributed by atoms with van der Waals surface area (Å²) in [6.07, 6.45) is 9.19. The molecule has 0 bridgehead atoms. The van der Waals surface area contributed by atoms with Crippen LogP contribution in [0.1, 0.15) is 57.1 Å². The van der Waals surface area contributed by atoms with Crippen molar-refractivity contribution in [1.29, 1.82) is 0 Å². The Morgan fingerprint density at radius 3 is 2.63 bits per heavy atom. The van der Waals surface area contributed by atoms with Crippen molar-refractivity contribution in [2.75, 3.05) is 18.4 Å². The van der Waals surface area contributed by atoms with E-state index in [1.54, 1.807) is 6.20 Å². The molecule has 2 aromatic heterocycles. The Labute approximate surface area is 158 Å². The third kappa shape index (κ3) is 3.42. The molecule has 0 unspecified atom stereocenters. The molecular weight excluding hydrogens is 342 g/mol. The minimum atomic E-state index is -0.387. The highest BCUT2D eigenvalue weighted by Crippen LogP contribution is 2.53. The number of piperidine rings is 1. The van der Waals surface area contributed by atoms with E-state index in [0.29, 0.717) is 17.2 Å². The molecule has 142 valence electrons. The van der Waals surface area contributed by atoms with E-state index in [9.17, 15) is 4.79 Å². The summed E-state index contributed by atoms with van der Waals surface area (Å²) in [4.78, 5) is 19.1. The van der Waals surface area contributed by atoms with Crippen LogP contribution in [0.2, 0.25) is 0 Å². The molecule has 7 nitrogen and oxygen atoms in total. The van der Waals surface area contributed by atoms with Gasteiger partial charge in [-0.25, -0.2) is 0 Å². The molecular formula is C20H25N5O2. The lowest BCUT2D eigenvalue weighted by Crippen LogP contribution is -2.45. The number of nitrogens with zero attached hydrogens (tertiary/aromatic N) is 4. The number of nitrogens with one attached hydrogen (secondary N) is 1. The fourth-order valence-corrected chi connectivity index (χ4v) is 3.95.